The number of carbonyl (C=O) groups is 1. The van der Waals surface area contributed by atoms with Gasteiger partial charge in [-0.05, 0) is 24.3 Å². The van der Waals surface area contributed by atoms with E-state index in [1.165, 1.54) is 0 Å². The second kappa shape index (κ2) is 6.70. The highest BCUT2D eigenvalue weighted by Crippen LogP contribution is 2.37. The fourth-order valence-corrected chi connectivity index (χ4v) is 2.37. The maximum atomic E-state index is 11.7. The molecule has 6 heteroatoms. The molecule has 0 aromatic heterocycles. The van der Waals surface area contributed by atoms with Crippen LogP contribution in [0.4, 0.5) is 0 Å². The third kappa shape index (κ3) is 3.51. The zero-order chi connectivity index (χ0) is 15.4. The number of fused-ring (bicyclic) bond motifs is 1. The Balaban J connectivity index is 1.53. The van der Waals surface area contributed by atoms with Crippen LogP contribution in [0.5, 0.6) is 17.2 Å². The fraction of sp³-hybridized carbons (Fsp3) is 0.188. The van der Waals surface area contributed by atoms with Crippen molar-refractivity contribution in [1.82, 2.24) is 0 Å². The van der Waals surface area contributed by atoms with E-state index in [1.807, 2.05) is 18.2 Å². The second-order valence-electron chi connectivity index (χ2n) is 4.56. The van der Waals surface area contributed by atoms with E-state index in [0.29, 0.717) is 17.2 Å². The van der Waals surface area contributed by atoms with Gasteiger partial charge in [-0.3, -0.25) is 0 Å². The Bertz CT molecular complexity index is 672. The topological polar surface area (TPSA) is 54.0 Å². The molecule has 1 heterocycles. The van der Waals surface area contributed by atoms with Gasteiger partial charge in [-0.15, -0.1) is 0 Å². The Hall–Kier alpha value is -2.21. The first-order chi connectivity index (χ1) is 10.7. The molecule has 1 aliphatic rings. The summed E-state index contributed by atoms with van der Waals surface area (Å²) in [6.07, 6.45) is 0. The van der Waals surface area contributed by atoms with Gasteiger partial charge in [0.1, 0.15) is 12.4 Å². The number of rotatable bonds is 5. The molecule has 0 amide bonds. The van der Waals surface area contributed by atoms with E-state index in [-0.39, 0.29) is 20.0 Å². The van der Waals surface area contributed by atoms with Crippen LogP contribution in [0.3, 0.4) is 0 Å². The molecule has 5 nitrogen and oxygen atoms in total. The quantitative estimate of drug-likeness (QED) is 0.761. The Morgan fingerprint density at radius 1 is 1.14 bits per heavy atom. The van der Waals surface area contributed by atoms with Gasteiger partial charge < -0.3 is 18.9 Å². The van der Waals surface area contributed by atoms with E-state index in [4.69, 9.17) is 18.9 Å². The van der Waals surface area contributed by atoms with Crippen LogP contribution in [0, 0.1) is 0 Å². The van der Waals surface area contributed by atoms with E-state index in [1.54, 1.807) is 24.3 Å². The minimum absolute atomic E-state index is 0.133. The lowest BCUT2D eigenvalue weighted by atomic mass is 10.2. The first kappa shape index (κ1) is 14.7. The summed E-state index contributed by atoms with van der Waals surface area (Å²) < 4.78 is 21.9. The standard InChI is InChI=1S/C16H13BrO5/c17-13-7-15-14(21-10-22-15)6-11(13)8-20-16(18)9-19-12-4-2-1-3-5-12/h1-7H,8-10H2. The number of hydrogen-bond donors (Lipinski definition) is 0. The molecular weight excluding hydrogens is 352 g/mol. The van der Waals surface area contributed by atoms with Crippen molar-refractivity contribution in [3.63, 3.8) is 0 Å². The van der Waals surface area contributed by atoms with Crippen molar-refractivity contribution < 1.29 is 23.7 Å². The molecule has 0 unspecified atom stereocenters. The number of esters is 1. The summed E-state index contributed by atoms with van der Waals surface area (Å²) in [6.45, 7) is 0.205. The molecule has 0 spiro atoms. The lowest BCUT2D eigenvalue weighted by Crippen LogP contribution is -2.14. The van der Waals surface area contributed by atoms with Crippen molar-refractivity contribution in [2.24, 2.45) is 0 Å². The molecule has 3 rings (SSSR count). The molecule has 0 radical (unpaired) electrons. The predicted octanol–water partition coefficient (Wildman–Crippen LogP) is 3.30. The Morgan fingerprint density at radius 3 is 2.64 bits per heavy atom. The van der Waals surface area contributed by atoms with Crippen LogP contribution in [0.1, 0.15) is 5.56 Å². The zero-order valence-electron chi connectivity index (χ0n) is 11.6. The van der Waals surface area contributed by atoms with Gasteiger partial charge in [-0.1, -0.05) is 34.1 Å². The van der Waals surface area contributed by atoms with E-state index < -0.39 is 5.97 Å². The molecular formula is C16H13BrO5. The number of ether oxygens (including phenoxy) is 4. The summed E-state index contributed by atoms with van der Waals surface area (Å²) in [4.78, 5) is 11.7. The third-order valence-corrected chi connectivity index (χ3v) is 3.77. The van der Waals surface area contributed by atoms with Crippen LogP contribution >= 0.6 is 15.9 Å². The molecule has 0 bridgehead atoms. The number of benzene rings is 2. The normalized spacial score (nSPS) is 12.0. The molecule has 22 heavy (non-hydrogen) atoms. The summed E-state index contributed by atoms with van der Waals surface area (Å²) in [6, 6.07) is 12.7. The first-order valence-corrected chi connectivity index (χ1v) is 7.43. The van der Waals surface area contributed by atoms with Crippen molar-refractivity contribution >= 4 is 21.9 Å². The molecule has 1 aliphatic heterocycles. The molecule has 0 aliphatic carbocycles. The van der Waals surface area contributed by atoms with Gasteiger partial charge in [-0.25, -0.2) is 4.79 Å². The molecule has 114 valence electrons. The monoisotopic (exact) mass is 364 g/mol. The summed E-state index contributed by atoms with van der Waals surface area (Å²) >= 11 is 3.42. The van der Waals surface area contributed by atoms with Crippen molar-refractivity contribution in [3.05, 3.63) is 52.5 Å². The predicted molar refractivity (Wildman–Crippen MR) is 82.0 cm³/mol. The molecule has 0 saturated heterocycles. The summed E-state index contributed by atoms with van der Waals surface area (Å²) in [5.74, 6) is 1.52. The highest BCUT2D eigenvalue weighted by Gasteiger charge is 2.17. The largest absolute Gasteiger partial charge is 0.482 e. The van der Waals surface area contributed by atoms with Crippen LogP contribution in [0.25, 0.3) is 0 Å². The van der Waals surface area contributed by atoms with Gasteiger partial charge in [0.25, 0.3) is 0 Å². The van der Waals surface area contributed by atoms with Crippen LogP contribution in [0.15, 0.2) is 46.9 Å². The smallest absolute Gasteiger partial charge is 0.344 e. The van der Waals surface area contributed by atoms with Gasteiger partial charge in [0.05, 0.1) is 0 Å². The summed E-state index contributed by atoms with van der Waals surface area (Å²) in [5, 5.41) is 0. The minimum atomic E-state index is -0.437. The molecule has 2 aromatic rings. The van der Waals surface area contributed by atoms with E-state index >= 15 is 0 Å². The van der Waals surface area contributed by atoms with Gasteiger partial charge in [0.2, 0.25) is 6.79 Å². The number of para-hydroxylation sites is 1. The van der Waals surface area contributed by atoms with Gasteiger partial charge >= 0.3 is 5.97 Å². The van der Waals surface area contributed by atoms with Crippen LogP contribution < -0.4 is 14.2 Å². The fourth-order valence-electron chi connectivity index (χ4n) is 1.93. The number of hydrogen-bond acceptors (Lipinski definition) is 5. The van der Waals surface area contributed by atoms with Gasteiger partial charge in [-0.2, -0.15) is 0 Å². The van der Waals surface area contributed by atoms with Crippen LogP contribution in [0.2, 0.25) is 0 Å². The summed E-state index contributed by atoms with van der Waals surface area (Å²) in [5.41, 5.74) is 0.803. The van der Waals surface area contributed by atoms with E-state index in [9.17, 15) is 4.79 Å². The maximum absolute atomic E-state index is 11.7. The highest BCUT2D eigenvalue weighted by molar-refractivity contribution is 9.10. The first-order valence-electron chi connectivity index (χ1n) is 6.64. The Labute approximate surface area is 135 Å². The average molecular weight is 365 g/mol. The minimum Gasteiger partial charge on any atom is -0.482 e. The molecule has 2 aromatic carbocycles. The van der Waals surface area contributed by atoms with Crippen molar-refractivity contribution in [2.45, 2.75) is 6.61 Å². The lowest BCUT2D eigenvalue weighted by molar-refractivity contribution is -0.147. The second-order valence-corrected chi connectivity index (χ2v) is 5.41. The Kier molecular flexibility index (Phi) is 4.48. The number of carbonyl (C=O) groups excluding carboxylic acids is 1. The third-order valence-electron chi connectivity index (χ3n) is 3.03. The molecule has 0 fully saturated rings. The van der Waals surface area contributed by atoms with Gasteiger partial charge in [0.15, 0.2) is 18.1 Å². The van der Waals surface area contributed by atoms with Crippen molar-refractivity contribution in [2.75, 3.05) is 13.4 Å². The average Bonchev–Trinajstić information content (AvgIpc) is 2.98. The lowest BCUT2D eigenvalue weighted by Gasteiger charge is -2.09. The SMILES string of the molecule is O=C(COc1ccccc1)OCc1cc2c(cc1Br)OCO2. The summed E-state index contributed by atoms with van der Waals surface area (Å²) in [7, 11) is 0. The van der Waals surface area contributed by atoms with Crippen molar-refractivity contribution in [3.8, 4) is 17.2 Å². The molecule has 0 atom stereocenters. The number of halogens is 1. The zero-order valence-corrected chi connectivity index (χ0v) is 13.2. The molecule has 0 saturated carbocycles. The highest BCUT2D eigenvalue weighted by atomic mass is 79.9. The van der Waals surface area contributed by atoms with E-state index in [0.717, 1.165) is 10.0 Å². The Morgan fingerprint density at radius 2 is 1.86 bits per heavy atom. The van der Waals surface area contributed by atoms with Crippen LogP contribution in [-0.2, 0) is 16.1 Å². The van der Waals surface area contributed by atoms with Crippen molar-refractivity contribution in [1.29, 1.82) is 0 Å². The maximum Gasteiger partial charge on any atom is 0.344 e. The molecule has 0 N–H and O–H groups in total. The van der Waals surface area contributed by atoms with Crippen LogP contribution in [-0.4, -0.2) is 19.4 Å². The van der Waals surface area contributed by atoms with Gasteiger partial charge in [0, 0.05) is 10.0 Å². The van der Waals surface area contributed by atoms with E-state index in [2.05, 4.69) is 15.9 Å².